The van der Waals surface area contributed by atoms with Crippen LogP contribution in [0.5, 0.6) is 0 Å². The second-order valence-corrected chi connectivity index (χ2v) is 5.62. The molecule has 3 nitrogen and oxygen atoms in total. The van der Waals surface area contributed by atoms with Crippen molar-refractivity contribution in [3.05, 3.63) is 82.9 Å². The van der Waals surface area contributed by atoms with E-state index in [1.165, 1.54) is 0 Å². The van der Waals surface area contributed by atoms with Gasteiger partial charge in [0.2, 0.25) is 5.91 Å². The van der Waals surface area contributed by atoms with Gasteiger partial charge in [-0.25, -0.2) is 0 Å². The summed E-state index contributed by atoms with van der Waals surface area (Å²) in [7, 11) is 0. The van der Waals surface area contributed by atoms with Gasteiger partial charge in [-0.3, -0.25) is 4.79 Å². The minimum absolute atomic E-state index is 0.00507. The fourth-order valence-electron chi connectivity index (χ4n) is 2.30. The monoisotopic (exact) mass is 324 g/mol. The van der Waals surface area contributed by atoms with Crippen molar-refractivity contribution >= 4 is 17.5 Å². The van der Waals surface area contributed by atoms with Gasteiger partial charge < -0.3 is 4.90 Å². The molecule has 2 aromatic rings. The Balaban J connectivity index is 2.12. The molecule has 0 fully saturated rings. The van der Waals surface area contributed by atoms with Crippen LogP contribution >= 0.6 is 11.6 Å². The van der Waals surface area contributed by atoms with Crippen molar-refractivity contribution in [3.63, 3.8) is 0 Å². The molecule has 0 aliphatic heterocycles. The number of hydrogen-bond donors (Lipinski definition) is 0. The Hall–Kier alpha value is -2.57. The molecular formula is C19H17ClN2O. The highest BCUT2D eigenvalue weighted by molar-refractivity contribution is 6.30. The van der Waals surface area contributed by atoms with E-state index < -0.39 is 0 Å². The van der Waals surface area contributed by atoms with E-state index in [1.807, 2.05) is 24.3 Å². The van der Waals surface area contributed by atoms with Crippen LogP contribution in [0.2, 0.25) is 5.02 Å². The molecule has 0 radical (unpaired) electrons. The van der Waals surface area contributed by atoms with E-state index in [1.54, 1.807) is 35.2 Å². The third-order valence-corrected chi connectivity index (χ3v) is 3.61. The molecule has 0 atom stereocenters. The molecule has 2 rings (SSSR count). The second-order valence-electron chi connectivity index (χ2n) is 5.18. The Morgan fingerprint density at radius 3 is 2.65 bits per heavy atom. The summed E-state index contributed by atoms with van der Waals surface area (Å²) in [6.45, 7) is 4.61. The topological polar surface area (TPSA) is 44.1 Å². The van der Waals surface area contributed by atoms with Gasteiger partial charge in [0.1, 0.15) is 0 Å². The lowest BCUT2D eigenvalue weighted by atomic mass is 10.1. The molecule has 0 bridgehead atoms. The Labute approximate surface area is 141 Å². The lowest BCUT2D eigenvalue weighted by molar-refractivity contribution is -0.130. The fraction of sp³-hybridized carbons (Fsp3) is 0.158. The first-order valence-electron chi connectivity index (χ1n) is 7.24. The van der Waals surface area contributed by atoms with E-state index in [0.717, 1.165) is 11.1 Å². The van der Waals surface area contributed by atoms with Gasteiger partial charge in [0.25, 0.3) is 0 Å². The van der Waals surface area contributed by atoms with Gasteiger partial charge in [-0.2, -0.15) is 5.26 Å². The Bertz CT molecular complexity index is 749. The van der Waals surface area contributed by atoms with Crippen molar-refractivity contribution in [1.82, 2.24) is 4.90 Å². The van der Waals surface area contributed by atoms with Gasteiger partial charge in [-0.15, -0.1) is 6.58 Å². The number of halogens is 1. The summed E-state index contributed by atoms with van der Waals surface area (Å²) < 4.78 is 0. The minimum atomic E-state index is -0.00507. The molecule has 0 saturated heterocycles. The summed E-state index contributed by atoms with van der Waals surface area (Å²) >= 11 is 5.96. The highest BCUT2D eigenvalue weighted by Crippen LogP contribution is 2.14. The van der Waals surface area contributed by atoms with E-state index in [0.29, 0.717) is 23.7 Å². The Morgan fingerprint density at radius 2 is 1.96 bits per heavy atom. The maximum Gasteiger partial charge on any atom is 0.227 e. The quantitative estimate of drug-likeness (QED) is 0.755. The molecule has 1 amide bonds. The predicted octanol–water partition coefficient (Wildman–Crippen LogP) is 3.97. The zero-order chi connectivity index (χ0) is 16.7. The van der Waals surface area contributed by atoms with Crippen molar-refractivity contribution in [2.24, 2.45) is 0 Å². The molecule has 0 heterocycles. The van der Waals surface area contributed by atoms with Crippen molar-refractivity contribution in [3.8, 4) is 6.07 Å². The van der Waals surface area contributed by atoms with E-state index in [4.69, 9.17) is 16.9 Å². The van der Waals surface area contributed by atoms with E-state index in [2.05, 4.69) is 12.6 Å². The van der Waals surface area contributed by atoms with E-state index in [9.17, 15) is 4.79 Å². The maximum absolute atomic E-state index is 12.5. The standard InChI is InChI=1S/C19H17ClN2O/c1-2-9-22(14-17-7-3-6-16(10-17)13-21)19(23)12-15-5-4-8-18(20)11-15/h2-8,10-11H,1,9,12,14H2. The third kappa shape index (κ3) is 4.98. The molecular weight excluding hydrogens is 308 g/mol. The average Bonchev–Trinajstić information content (AvgIpc) is 2.54. The number of carbonyl (C=O) groups is 1. The largest absolute Gasteiger partial charge is 0.334 e. The number of benzene rings is 2. The Morgan fingerprint density at radius 1 is 1.22 bits per heavy atom. The van der Waals surface area contributed by atoms with E-state index >= 15 is 0 Å². The van der Waals surface area contributed by atoms with Gasteiger partial charge in [-0.1, -0.05) is 41.9 Å². The van der Waals surface area contributed by atoms with Gasteiger partial charge in [0.15, 0.2) is 0 Å². The van der Waals surface area contributed by atoms with Crippen LogP contribution < -0.4 is 0 Å². The molecule has 0 unspecified atom stereocenters. The number of nitriles is 1. The van der Waals surface area contributed by atoms with Crippen LogP contribution in [-0.4, -0.2) is 17.4 Å². The highest BCUT2D eigenvalue weighted by Gasteiger charge is 2.14. The molecule has 0 aliphatic carbocycles. The van der Waals surface area contributed by atoms with Gasteiger partial charge in [0, 0.05) is 18.1 Å². The number of nitrogens with zero attached hydrogens (tertiary/aromatic N) is 2. The van der Waals surface area contributed by atoms with Crippen LogP contribution in [0.3, 0.4) is 0 Å². The summed E-state index contributed by atoms with van der Waals surface area (Å²) in [6, 6.07) is 16.7. The molecule has 0 aliphatic rings. The van der Waals surface area contributed by atoms with Crippen LogP contribution in [0.15, 0.2) is 61.2 Å². The van der Waals surface area contributed by atoms with Crippen molar-refractivity contribution in [2.45, 2.75) is 13.0 Å². The fourth-order valence-corrected chi connectivity index (χ4v) is 2.52. The molecule has 0 aromatic heterocycles. The normalized spacial score (nSPS) is 9.91. The van der Waals surface area contributed by atoms with Crippen molar-refractivity contribution in [2.75, 3.05) is 6.54 Å². The molecule has 0 saturated carbocycles. The summed E-state index contributed by atoms with van der Waals surface area (Å²) in [4.78, 5) is 14.3. The van der Waals surface area contributed by atoms with Crippen LogP contribution in [0.1, 0.15) is 16.7 Å². The first-order chi connectivity index (χ1) is 11.1. The second kappa shape index (κ2) is 8.17. The molecule has 2 aromatic carbocycles. The van der Waals surface area contributed by atoms with Crippen LogP contribution in [-0.2, 0) is 17.8 Å². The number of amides is 1. The van der Waals surface area contributed by atoms with Crippen molar-refractivity contribution in [1.29, 1.82) is 5.26 Å². The van der Waals surface area contributed by atoms with Crippen LogP contribution in [0, 0.1) is 11.3 Å². The predicted molar refractivity (Wildman–Crippen MR) is 91.9 cm³/mol. The smallest absolute Gasteiger partial charge is 0.227 e. The number of hydrogen-bond acceptors (Lipinski definition) is 2. The van der Waals surface area contributed by atoms with Crippen LogP contribution in [0.25, 0.3) is 0 Å². The first kappa shape index (κ1) is 16.8. The van der Waals surface area contributed by atoms with Gasteiger partial charge >= 0.3 is 0 Å². The minimum Gasteiger partial charge on any atom is -0.334 e. The molecule has 116 valence electrons. The summed E-state index contributed by atoms with van der Waals surface area (Å²) in [5.41, 5.74) is 2.39. The number of rotatable bonds is 6. The lowest BCUT2D eigenvalue weighted by Gasteiger charge is -2.21. The third-order valence-electron chi connectivity index (χ3n) is 3.38. The molecule has 0 spiro atoms. The summed E-state index contributed by atoms with van der Waals surface area (Å²) in [5, 5.41) is 9.59. The maximum atomic E-state index is 12.5. The highest BCUT2D eigenvalue weighted by atomic mass is 35.5. The summed E-state index contributed by atoms with van der Waals surface area (Å²) in [6.07, 6.45) is 1.98. The SMILES string of the molecule is C=CCN(Cc1cccc(C#N)c1)C(=O)Cc1cccc(Cl)c1. The summed E-state index contributed by atoms with van der Waals surface area (Å²) in [5.74, 6) is -0.00507. The Kier molecular flexibility index (Phi) is 5.96. The average molecular weight is 325 g/mol. The van der Waals surface area contributed by atoms with Crippen molar-refractivity contribution < 1.29 is 4.79 Å². The molecule has 4 heteroatoms. The first-order valence-corrected chi connectivity index (χ1v) is 7.62. The number of carbonyl (C=O) groups excluding carboxylic acids is 1. The van der Waals surface area contributed by atoms with E-state index in [-0.39, 0.29) is 12.3 Å². The molecule has 23 heavy (non-hydrogen) atoms. The zero-order valence-electron chi connectivity index (χ0n) is 12.7. The van der Waals surface area contributed by atoms with Gasteiger partial charge in [0.05, 0.1) is 18.1 Å². The molecule has 0 N–H and O–H groups in total. The van der Waals surface area contributed by atoms with Crippen LogP contribution in [0.4, 0.5) is 0 Å². The zero-order valence-corrected chi connectivity index (χ0v) is 13.5. The lowest BCUT2D eigenvalue weighted by Crippen LogP contribution is -2.32. The van der Waals surface area contributed by atoms with Gasteiger partial charge in [-0.05, 0) is 35.4 Å².